The number of carbonyl (C=O) groups is 1. The van der Waals surface area contributed by atoms with Gasteiger partial charge in [-0.3, -0.25) is 0 Å². The lowest BCUT2D eigenvalue weighted by atomic mass is 9.80. The van der Waals surface area contributed by atoms with Crippen molar-refractivity contribution in [2.24, 2.45) is 0 Å². The van der Waals surface area contributed by atoms with Crippen molar-refractivity contribution in [2.45, 2.75) is 77.3 Å². The van der Waals surface area contributed by atoms with Gasteiger partial charge in [0, 0.05) is 12.1 Å². The smallest absolute Gasteiger partial charge is 0.410 e. The second-order valence-corrected chi connectivity index (χ2v) is 10.4. The quantitative estimate of drug-likeness (QED) is 0.544. The van der Waals surface area contributed by atoms with E-state index in [4.69, 9.17) is 14.2 Å². The number of ether oxygens (including phenoxy) is 3. The van der Waals surface area contributed by atoms with Crippen LogP contribution in [0.3, 0.4) is 0 Å². The number of benzene rings is 2. The Morgan fingerprint density at radius 3 is 2.68 bits per heavy atom. The van der Waals surface area contributed by atoms with E-state index in [1.165, 1.54) is 6.07 Å². The molecule has 6 heteroatoms. The van der Waals surface area contributed by atoms with Crippen molar-refractivity contribution in [2.75, 3.05) is 19.7 Å². The van der Waals surface area contributed by atoms with Crippen molar-refractivity contribution in [3.05, 3.63) is 59.4 Å². The van der Waals surface area contributed by atoms with Crippen LogP contribution in [0, 0.1) is 5.82 Å². The summed E-state index contributed by atoms with van der Waals surface area (Å²) in [6.07, 6.45) is 1.58. The lowest BCUT2D eigenvalue weighted by molar-refractivity contribution is -0.166. The number of amides is 1. The first kappa shape index (κ1) is 24.7. The van der Waals surface area contributed by atoms with E-state index in [-0.39, 0.29) is 18.0 Å². The third-order valence-corrected chi connectivity index (χ3v) is 6.67. The van der Waals surface area contributed by atoms with Gasteiger partial charge in [0.15, 0.2) is 0 Å². The minimum atomic E-state index is -0.861. The van der Waals surface area contributed by atoms with Gasteiger partial charge < -0.3 is 19.1 Å². The normalized spacial score (nSPS) is 25.4. The maximum absolute atomic E-state index is 15.5. The van der Waals surface area contributed by atoms with Crippen molar-refractivity contribution in [3.8, 4) is 11.1 Å². The number of aryl methyl sites for hydroxylation is 1. The molecule has 34 heavy (non-hydrogen) atoms. The average Bonchev–Trinajstić information content (AvgIpc) is 3.20. The average molecular weight is 470 g/mol. The fraction of sp³-hybridized carbons (Fsp3) is 0.536. The molecule has 0 N–H and O–H groups in total. The zero-order valence-corrected chi connectivity index (χ0v) is 20.9. The number of hydrogen-bond acceptors (Lipinski definition) is 4. The Balaban J connectivity index is 1.76. The molecule has 184 valence electrons. The number of hydrogen-bond donors (Lipinski definition) is 0. The molecule has 4 rings (SSSR count). The van der Waals surface area contributed by atoms with Gasteiger partial charge in [0.2, 0.25) is 0 Å². The standard InChI is InChI=1S/C28H36FNO4/c1-6-20-9-7-10-21(17-20)25-22(11-8-12-23(25)29)28(14-13-19(2)33-28)24-18-30(15-16-32-24)26(31)34-27(3,4)5/h7-12,17,19,24H,6,13-16,18H2,1-5H3/t19?,24-,28?/m1/s1. The monoisotopic (exact) mass is 469 g/mol. The summed E-state index contributed by atoms with van der Waals surface area (Å²) < 4.78 is 33.9. The molecule has 2 unspecified atom stereocenters. The lowest BCUT2D eigenvalue weighted by Gasteiger charge is -2.44. The second-order valence-electron chi connectivity index (χ2n) is 10.4. The summed E-state index contributed by atoms with van der Waals surface area (Å²) in [5.74, 6) is -0.284. The number of halogens is 1. The summed E-state index contributed by atoms with van der Waals surface area (Å²) >= 11 is 0. The van der Waals surface area contributed by atoms with Gasteiger partial charge >= 0.3 is 6.09 Å². The Bertz CT molecular complexity index is 1030. The van der Waals surface area contributed by atoms with Gasteiger partial charge in [0.05, 0.1) is 19.3 Å². The maximum atomic E-state index is 15.5. The van der Waals surface area contributed by atoms with Crippen LogP contribution in [-0.4, -0.2) is 48.5 Å². The van der Waals surface area contributed by atoms with Gasteiger partial charge in [-0.05, 0) is 69.7 Å². The summed E-state index contributed by atoms with van der Waals surface area (Å²) in [5.41, 5.74) is 1.85. The predicted molar refractivity (Wildman–Crippen MR) is 130 cm³/mol. The molecule has 5 nitrogen and oxygen atoms in total. The summed E-state index contributed by atoms with van der Waals surface area (Å²) in [6, 6.07) is 13.2. The van der Waals surface area contributed by atoms with Crippen LogP contribution in [0.15, 0.2) is 42.5 Å². The van der Waals surface area contributed by atoms with Gasteiger partial charge in [-0.1, -0.05) is 43.3 Å². The van der Waals surface area contributed by atoms with Crippen LogP contribution >= 0.6 is 0 Å². The number of morpholine rings is 1. The van der Waals surface area contributed by atoms with Crippen LogP contribution in [0.1, 0.15) is 58.6 Å². The van der Waals surface area contributed by atoms with E-state index in [0.29, 0.717) is 31.7 Å². The molecule has 1 amide bonds. The molecule has 0 spiro atoms. The van der Waals surface area contributed by atoms with Crippen LogP contribution in [0.2, 0.25) is 0 Å². The van der Waals surface area contributed by atoms with E-state index < -0.39 is 17.3 Å². The largest absolute Gasteiger partial charge is 0.444 e. The first-order valence-electron chi connectivity index (χ1n) is 12.3. The third kappa shape index (κ3) is 4.98. The van der Waals surface area contributed by atoms with E-state index in [1.54, 1.807) is 11.0 Å². The van der Waals surface area contributed by atoms with Crippen LogP contribution in [0.5, 0.6) is 0 Å². The highest BCUT2D eigenvalue weighted by Crippen LogP contribution is 2.48. The van der Waals surface area contributed by atoms with Crippen LogP contribution in [0.25, 0.3) is 11.1 Å². The Kier molecular flexibility index (Phi) is 7.02. The Labute approximate surface area is 202 Å². The predicted octanol–water partition coefficient (Wildman–Crippen LogP) is 6.09. The summed E-state index contributed by atoms with van der Waals surface area (Å²) in [4.78, 5) is 14.5. The van der Waals surface area contributed by atoms with Crippen molar-refractivity contribution in [1.82, 2.24) is 4.90 Å². The third-order valence-electron chi connectivity index (χ3n) is 6.67. The highest BCUT2D eigenvalue weighted by Gasteiger charge is 2.51. The zero-order valence-electron chi connectivity index (χ0n) is 20.9. The van der Waals surface area contributed by atoms with Crippen LogP contribution < -0.4 is 0 Å². The highest BCUT2D eigenvalue weighted by atomic mass is 19.1. The van der Waals surface area contributed by atoms with Gasteiger partial charge in [0.25, 0.3) is 0 Å². The Hall–Kier alpha value is -2.44. The maximum Gasteiger partial charge on any atom is 0.410 e. The lowest BCUT2D eigenvalue weighted by Crippen LogP contribution is -2.55. The zero-order chi connectivity index (χ0) is 24.5. The first-order chi connectivity index (χ1) is 16.1. The summed E-state index contributed by atoms with van der Waals surface area (Å²) in [5, 5.41) is 0. The van der Waals surface area contributed by atoms with E-state index in [9.17, 15) is 4.79 Å². The van der Waals surface area contributed by atoms with Gasteiger partial charge in [-0.15, -0.1) is 0 Å². The van der Waals surface area contributed by atoms with Gasteiger partial charge in [0.1, 0.15) is 23.1 Å². The molecule has 3 atom stereocenters. The van der Waals surface area contributed by atoms with E-state index in [2.05, 4.69) is 13.0 Å². The molecule has 0 aliphatic carbocycles. The Morgan fingerprint density at radius 2 is 2.00 bits per heavy atom. The molecule has 2 heterocycles. The fourth-order valence-electron chi connectivity index (χ4n) is 5.04. The van der Waals surface area contributed by atoms with Crippen molar-refractivity contribution in [1.29, 1.82) is 0 Å². The number of rotatable bonds is 4. The molecule has 2 aromatic rings. The number of carbonyl (C=O) groups excluding carboxylic acids is 1. The highest BCUT2D eigenvalue weighted by molar-refractivity contribution is 5.71. The van der Waals surface area contributed by atoms with E-state index >= 15 is 4.39 Å². The summed E-state index contributed by atoms with van der Waals surface area (Å²) in [7, 11) is 0. The molecule has 0 radical (unpaired) electrons. The topological polar surface area (TPSA) is 48.0 Å². The second kappa shape index (κ2) is 9.67. The van der Waals surface area contributed by atoms with Crippen LogP contribution in [-0.2, 0) is 26.2 Å². The molecular formula is C28H36FNO4. The minimum absolute atomic E-state index is 0.00130. The SMILES string of the molecule is CCc1cccc(-c2c(F)cccc2C2([C@H]3CN(C(=O)OC(C)(C)C)CCO3)CCC(C)O2)c1. The Morgan fingerprint density at radius 1 is 1.24 bits per heavy atom. The van der Waals surface area contributed by atoms with Crippen molar-refractivity contribution >= 4 is 6.09 Å². The first-order valence-corrected chi connectivity index (χ1v) is 12.3. The van der Waals surface area contributed by atoms with E-state index in [0.717, 1.165) is 29.5 Å². The van der Waals surface area contributed by atoms with Crippen LogP contribution in [0.4, 0.5) is 9.18 Å². The molecule has 2 aliphatic heterocycles. The molecule has 2 aliphatic rings. The molecule has 0 saturated carbocycles. The molecular weight excluding hydrogens is 433 g/mol. The fourth-order valence-corrected chi connectivity index (χ4v) is 5.04. The minimum Gasteiger partial charge on any atom is -0.444 e. The molecule has 0 bridgehead atoms. The van der Waals surface area contributed by atoms with Crippen molar-refractivity contribution < 1.29 is 23.4 Å². The van der Waals surface area contributed by atoms with Crippen molar-refractivity contribution in [3.63, 3.8) is 0 Å². The van der Waals surface area contributed by atoms with Gasteiger partial charge in [-0.25, -0.2) is 9.18 Å². The summed E-state index contributed by atoms with van der Waals surface area (Å²) in [6.45, 7) is 10.8. The molecule has 0 aromatic heterocycles. The van der Waals surface area contributed by atoms with Gasteiger partial charge in [-0.2, -0.15) is 0 Å². The molecule has 2 saturated heterocycles. The number of nitrogens with zero attached hydrogens (tertiary/aromatic N) is 1. The molecule has 2 aromatic carbocycles. The van der Waals surface area contributed by atoms with E-state index in [1.807, 2.05) is 52.0 Å². The molecule has 2 fully saturated rings.